The van der Waals surface area contributed by atoms with E-state index in [4.69, 9.17) is 0 Å². The third-order valence-electron chi connectivity index (χ3n) is 3.10. The smallest absolute Gasteiger partial charge is 0.244 e. The van der Waals surface area contributed by atoms with Gasteiger partial charge in [-0.05, 0) is 46.9 Å². The number of hydrazone groups is 1. The van der Waals surface area contributed by atoms with Crippen LogP contribution in [0.5, 0.6) is 0 Å². The van der Waals surface area contributed by atoms with E-state index in [0.29, 0.717) is 16.3 Å². The quantitative estimate of drug-likeness (QED) is 0.544. The van der Waals surface area contributed by atoms with E-state index >= 15 is 0 Å². The molecule has 0 fully saturated rings. The lowest BCUT2D eigenvalue weighted by Gasteiger charge is -2.17. The van der Waals surface area contributed by atoms with Crippen LogP contribution in [-0.2, 0) is 4.79 Å². The Morgan fingerprint density at radius 3 is 2.50 bits per heavy atom. The number of benzene rings is 2. The molecule has 1 amide bonds. The van der Waals surface area contributed by atoms with Crippen molar-refractivity contribution >= 4 is 56.8 Å². The molecule has 4 nitrogen and oxygen atoms in total. The molecule has 0 aliphatic carbocycles. The van der Waals surface area contributed by atoms with E-state index in [1.807, 2.05) is 42.5 Å². The number of rotatable bonds is 2. The Bertz CT molecular complexity index is 804. The number of carbonyl (C=O) groups is 2. The summed E-state index contributed by atoms with van der Waals surface area (Å²) in [5.74, 6) is -0.376. The second-order valence-corrected chi connectivity index (χ2v) is 6.81. The maximum atomic E-state index is 12.4. The van der Waals surface area contributed by atoms with Crippen LogP contribution in [0.4, 0.5) is 5.69 Å². The summed E-state index contributed by atoms with van der Waals surface area (Å²) in [6.07, 6.45) is 0. The molecule has 0 unspecified atom stereocenters. The number of hydrogen-bond acceptors (Lipinski definition) is 4. The van der Waals surface area contributed by atoms with Crippen molar-refractivity contribution in [3.8, 4) is 0 Å². The van der Waals surface area contributed by atoms with Gasteiger partial charge in [0.1, 0.15) is 0 Å². The zero-order chi connectivity index (χ0) is 15.7. The molecule has 22 heavy (non-hydrogen) atoms. The second-order valence-electron chi connectivity index (χ2n) is 4.61. The van der Waals surface area contributed by atoms with Crippen LogP contribution >= 0.6 is 34.4 Å². The van der Waals surface area contributed by atoms with Crippen LogP contribution in [-0.4, -0.2) is 16.7 Å². The van der Waals surface area contributed by atoms with Crippen molar-refractivity contribution in [2.45, 2.75) is 11.8 Å². The molecule has 0 spiro atoms. The average molecular weight is 422 g/mol. The largest absolute Gasteiger partial charge is 0.286 e. The summed E-state index contributed by atoms with van der Waals surface area (Å²) in [7, 11) is 0. The summed E-state index contributed by atoms with van der Waals surface area (Å²) >= 11 is 3.44. The first-order valence-corrected chi connectivity index (χ1v) is 8.43. The number of para-hydroxylation sites is 1. The predicted octanol–water partition coefficient (Wildman–Crippen LogP) is 3.95. The summed E-state index contributed by atoms with van der Waals surface area (Å²) in [6, 6.07) is 14.8. The van der Waals surface area contributed by atoms with Crippen LogP contribution in [0.15, 0.2) is 58.5 Å². The first kappa shape index (κ1) is 15.2. The lowest BCUT2D eigenvalue weighted by Crippen LogP contribution is -2.25. The van der Waals surface area contributed by atoms with Gasteiger partial charge in [0.25, 0.3) is 0 Å². The molecule has 3 rings (SSSR count). The molecule has 6 heteroatoms. The molecule has 0 aromatic heterocycles. The van der Waals surface area contributed by atoms with E-state index in [-0.39, 0.29) is 11.7 Å². The number of hydrogen-bond donors (Lipinski definition) is 0. The van der Waals surface area contributed by atoms with Gasteiger partial charge in [0.05, 0.1) is 5.69 Å². The Balaban J connectivity index is 2.01. The molecular weight excluding hydrogens is 411 g/mol. The van der Waals surface area contributed by atoms with Crippen LogP contribution in [0.2, 0.25) is 0 Å². The van der Waals surface area contributed by atoms with Gasteiger partial charge in [-0.25, -0.2) is 0 Å². The topological polar surface area (TPSA) is 49.7 Å². The molecule has 0 radical (unpaired) electrons. The highest BCUT2D eigenvalue weighted by molar-refractivity contribution is 14.1. The van der Waals surface area contributed by atoms with Crippen molar-refractivity contribution in [1.29, 1.82) is 0 Å². The summed E-state index contributed by atoms with van der Waals surface area (Å²) in [4.78, 5) is 25.2. The molecule has 0 bridgehead atoms. The normalized spacial score (nSPS) is 15.0. The summed E-state index contributed by atoms with van der Waals surface area (Å²) in [6.45, 7) is 1.43. The molecule has 0 N–H and O–H groups in total. The number of anilines is 1. The Labute approximate surface area is 145 Å². The fraction of sp³-hybridized carbons (Fsp3) is 0.0625. The third-order valence-corrected chi connectivity index (χ3v) is 5.05. The van der Waals surface area contributed by atoms with Gasteiger partial charge in [-0.2, -0.15) is 10.1 Å². The zero-order valence-electron chi connectivity index (χ0n) is 11.6. The van der Waals surface area contributed by atoms with Crippen molar-refractivity contribution in [1.82, 2.24) is 0 Å². The highest BCUT2D eigenvalue weighted by Gasteiger charge is 2.29. The number of halogens is 1. The molecule has 2 aromatic carbocycles. The molecule has 2 aromatic rings. The number of fused-ring (bicyclic) bond motifs is 1. The molecule has 110 valence electrons. The number of amides is 1. The van der Waals surface area contributed by atoms with Crippen LogP contribution in [0.1, 0.15) is 17.3 Å². The van der Waals surface area contributed by atoms with Crippen molar-refractivity contribution in [2.75, 3.05) is 5.01 Å². The molecule has 0 saturated carbocycles. The highest BCUT2D eigenvalue weighted by Crippen LogP contribution is 2.34. The molecule has 1 aliphatic rings. The Morgan fingerprint density at radius 2 is 1.82 bits per heavy atom. The number of nitrogens with zero attached hydrogens (tertiary/aromatic N) is 2. The minimum Gasteiger partial charge on any atom is -0.286 e. The van der Waals surface area contributed by atoms with Crippen LogP contribution in [0.3, 0.4) is 0 Å². The lowest BCUT2D eigenvalue weighted by molar-refractivity contribution is -0.116. The molecule has 1 heterocycles. The van der Waals surface area contributed by atoms with Crippen LogP contribution in [0, 0.1) is 3.57 Å². The van der Waals surface area contributed by atoms with E-state index in [2.05, 4.69) is 27.7 Å². The molecule has 1 aliphatic heterocycles. The van der Waals surface area contributed by atoms with E-state index in [1.54, 1.807) is 6.07 Å². The fourth-order valence-corrected chi connectivity index (χ4v) is 3.65. The van der Waals surface area contributed by atoms with Gasteiger partial charge < -0.3 is 0 Å². The first-order chi connectivity index (χ1) is 10.6. The van der Waals surface area contributed by atoms with Crippen LogP contribution in [0.25, 0.3) is 0 Å². The maximum absolute atomic E-state index is 12.4. The average Bonchev–Trinajstić information content (AvgIpc) is 2.82. The number of carbonyl (C=O) groups excluding carboxylic acids is 2. The van der Waals surface area contributed by atoms with Crippen molar-refractivity contribution in [3.63, 3.8) is 0 Å². The Morgan fingerprint density at radius 1 is 1.14 bits per heavy atom. The fourth-order valence-electron chi connectivity index (χ4n) is 2.08. The number of thioether (sulfide) groups is 1. The highest BCUT2D eigenvalue weighted by atomic mass is 127. The van der Waals surface area contributed by atoms with Gasteiger partial charge in [0, 0.05) is 21.0 Å². The maximum Gasteiger partial charge on any atom is 0.244 e. The van der Waals surface area contributed by atoms with E-state index < -0.39 is 0 Å². The lowest BCUT2D eigenvalue weighted by atomic mass is 10.1. The van der Waals surface area contributed by atoms with E-state index in [0.717, 1.165) is 8.47 Å². The SMILES string of the molecule is CC(=O)N(/N=C1\Sc2ccccc2C1=O)c1ccccc1I. The van der Waals surface area contributed by atoms with Crippen molar-refractivity contribution in [3.05, 3.63) is 57.7 Å². The van der Waals surface area contributed by atoms with Gasteiger partial charge in [-0.15, -0.1) is 0 Å². The molecule has 0 atom stereocenters. The predicted molar refractivity (Wildman–Crippen MR) is 96.4 cm³/mol. The van der Waals surface area contributed by atoms with Crippen molar-refractivity contribution < 1.29 is 9.59 Å². The van der Waals surface area contributed by atoms with Gasteiger partial charge in [0.2, 0.25) is 11.7 Å². The second kappa shape index (κ2) is 6.21. The summed E-state index contributed by atoms with van der Waals surface area (Å²) < 4.78 is 0.896. The number of Topliss-reactive ketones (excluding diaryl/α,β-unsaturated/α-hetero) is 1. The number of ketones is 1. The molecule has 0 saturated heterocycles. The molecular formula is C16H11IN2O2S. The van der Waals surface area contributed by atoms with E-state index in [1.165, 1.54) is 23.7 Å². The monoisotopic (exact) mass is 422 g/mol. The van der Waals surface area contributed by atoms with Gasteiger partial charge in [-0.3, -0.25) is 9.59 Å². The Kier molecular flexibility index (Phi) is 4.30. The minimum absolute atomic E-state index is 0.141. The zero-order valence-corrected chi connectivity index (χ0v) is 14.6. The van der Waals surface area contributed by atoms with Crippen LogP contribution < -0.4 is 5.01 Å². The van der Waals surface area contributed by atoms with Crippen molar-refractivity contribution in [2.24, 2.45) is 5.10 Å². The first-order valence-electron chi connectivity index (χ1n) is 6.53. The van der Waals surface area contributed by atoms with E-state index in [9.17, 15) is 9.59 Å². The van der Waals surface area contributed by atoms with Gasteiger partial charge >= 0.3 is 0 Å². The summed E-state index contributed by atoms with van der Waals surface area (Å²) in [5, 5.41) is 5.91. The van der Waals surface area contributed by atoms with Gasteiger partial charge in [0.15, 0.2) is 5.04 Å². The Hall–Kier alpha value is -1.67. The standard InChI is InChI=1S/C16H11IN2O2S/c1-10(20)19(13-8-4-3-7-12(13)17)18-16-15(21)11-6-2-5-9-14(11)22-16/h2-9H,1H3/b18-16-. The third kappa shape index (κ3) is 2.80. The minimum atomic E-state index is -0.235. The van der Waals surface area contributed by atoms with Gasteiger partial charge in [-0.1, -0.05) is 36.0 Å². The summed E-state index contributed by atoms with van der Waals surface area (Å²) in [5.41, 5.74) is 1.31.